The monoisotopic (exact) mass is 314 g/mol. The third-order valence-corrected chi connectivity index (χ3v) is 4.32. The Bertz CT molecular complexity index is 350. The number of ether oxygens (including phenoxy) is 2. The molecule has 22 heavy (non-hydrogen) atoms. The van der Waals surface area contributed by atoms with E-state index in [0.717, 1.165) is 39.1 Å². The predicted molar refractivity (Wildman–Crippen MR) is 89.2 cm³/mol. The highest BCUT2D eigenvalue weighted by atomic mass is 16.6. The Labute approximate surface area is 135 Å². The van der Waals surface area contributed by atoms with Crippen molar-refractivity contribution in [2.75, 3.05) is 39.3 Å². The van der Waals surface area contributed by atoms with E-state index in [9.17, 15) is 4.79 Å². The van der Waals surface area contributed by atoms with Crippen LogP contribution in [-0.4, -0.2) is 66.4 Å². The van der Waals surface area contributed by atoms with Crippen LogP contribution in [0.15, 0.2) is 0 Å². The Hall–Kier alpha value is -0.810. The highest BCUT2D eigenvalue weighted by Gasteiger charge is 2.40. The third-order valence-electron chi connectivity index (χ3n) is 4.32. The van der Waals surface area contributed by atoms with E-state index in [4.69, 9.17) is 9.47 Å². The van der Waals surface area contributed by atoms with Gasteiger partial charge in [-0.05, 0) is 46.7 Å². The first-order chi connectivity index (χ1) is 10.2. The van der Waals surface area contributed by atoms with Crippen LogP contribution in [0.1, 0.15) is 54.4 Å². The maximum absolute atomic E-state index is 12.2. The molecule has 0 aromatic rings. The van der Waals surface area contributed by atoms with Crippen molar-refractivity contribution in [1.82, 2.24) is 9.80 Å². The molecule has 5 heteroatoms. The molecule has 0 radical (unpaired) electrons. The lowest BCUT2D eigenvalue weighted by Crippen LogP contribution is -2.41. The fraction of sp³-hybridized carbons (Fsp3) is 0.941. The lowest BCUT2D eigenvalue weighted by Gasteiger charge is -2.30. The fourth-order valence-electron chi connectivity index (χ4n) is 2.77. The van der Waals surface area contributed by atoms with Gasteiger partial charge in [-0.3, -0.25) is 0 Å². The molecule has 0 aromatic heterocycles. The van der Waals surface area contributed by atoms with E-state index < -0.39 is 5.60 Å². The first-order valence-corrected chi connectivity index (χ1v) is 8.59. The first kappa shape index (κ1) is 19.2. The van der Waals surface area contributed by atoms with E-state index in [1.165, 1.54) is 0 Å². The molecule has 1 fully saturated rings. The molecule has 0 N–H and O–H groups in total. The quantitative estimate of drug-likeness (QED) is 0.724. The minimum atomic E-state index is -0.446. The van der Waals surface area contributed by atoms with E-state index in [-0.39, 0.29) is 11.7 Å². The second kappa shape index (κ2) is 8.16. The van der Waals surface area contributed by atoms with Crippen molar-refractivity contribution in [3.63, 3.8) is 0 Å². The number of carbonyl (C=O) groups is 1. The van der Waals surface area contributed by atoms with Gasteiger partial charge in [0.05, 0.1) is 18.8 Å². The van der Waals surface area contributed by atoms with Crippen LogP contribution in [0, 0.1) is 0 Å². The molecule has 0 aliphatic carbocycles. The summed E-state index contributed by atoms with van der Waals surface area (Å²) in [5.41, 5.74) is -0.651. The molecule has 130 valence electrons. The zero-order valence-corrected chi connectivity index (χ0v) is 15.3. The van der Waals surface area contributed by atoms with Gasteiger partial charge in [-0.1, -0.05) is 20.8 Å². The van der Waals surface area contributed by atoms with Gasteiger partial charge in [0.1, 0.15) is 5.60 Å². The van der Waals surface area contributed by atoms with Crippen LogP contribution < -0.4 is 0 Å². The number of hydrogen-bond donors (Lipinski definition) is 0. The number of carbonyl (C=O) groups excluding carboxylic acids is 1. The van der Waals surface area contributed by atoms with E-state index in [1.807, 2.05) is 20.8 Å². The topological polar surface area (TPSA) is 42.0 Å². The van der Waals surface area contributed by atoms with Gasteiger partial charge >= 0.3 is 6.09 Å². The Morgan fingerprint density at radius 2 is 1.86 bits per heavy atom. The fourth-order valence-corrected chi connectivity index (χ4v) is 2.77. The maximum atomic E-state index is 12.2. The molecule has 0 aromatic carbocycles. The molecule has 1 atom stereocenters. The van der Waals surface area contributed by atoms with Gasteiger partial charge in [-0.25, -0.2) is 4.79 Å². The molecule has 1 saturated heterocycles. The average molecular weight is 314 g/mol. The molecule has 1 aliphatic rings. The minimum Gasteiger partial charge on any atom is -0.444 e. The van der Waals surface area contributed by atoms with Gasteiger partial charge in [0.2, 0.25) is 0 Å². The smallest absolute Gasteiger partial charge is 0.410 e. The Morgan fingerprint density at radius 3 is 2.36 bits per heavy atom. The Balaban J connectivity index is 2.49. The van der Waals surface area contributed by atoms with E-state index in [0.29, 0.717) is 13.1 Å². The number of amides is 1. The standard InChI is InChI=1S/C17H34N2O3/c1-7-17(21-13-12-18(8-2)9-3)10-11-19(14-17)15(20)22-16(4,5)6/h7-14H2,1-6H3. The van der Waals surface area contributed by atoms with E-state index in [1.54, 1.807) is 4.90 Å². The summed E-state index contributed by atoms with van der Waals surface area (Å²) >= 11 is 0. The Morgan fingerprint density at radius 1 is 1.23 bits per heavy atom. The van der Waals surface area contributed by atoms with Crippen molar-refractivity contribution in [3.8, 4) is 0 Å². The van der Waals surface area contributed by atoms with Crippen LogP contribution in [0.5, 0.6) is 0 Å². The maximum Gasteiger partial charge on any atom is 0.410 e. The van der Waals surface area contributed by atoms with Crippen LogP contribution in [0.25, 0.3) is 0 Å². The van der Waals surface area contributed by atoms with E-state index >= 15 is 0 Å². The summed E-state index contributed by atoms with van der Waals surface area (Å²) in [5, 5.41) is 0. The Kier molecular flexibility index (Phi) is 7.13. The lowest BCUT2D eigenvalue weighted by molar-refractivity contribution is -0.0485. The number of likely N-dealkylation sites (N-methyl/N-ethyl adjacent to an activating group) is 1. The number of likely N-dealkylation sites (tertiary alicyclic amines) is 1. The van der Waals surface area contributed by atoms with Crippen molar-refractivity contribution in [3.05, 3.63) is 0 Å². The van der Waals surface area contributed by atoms with Gasteiger partial charge in [0.25, 0.3) is 0 Å². The summed E-state index contributed by atoms with van der Waals surface area (Å²) < 4.78 is 11.7. The van der Waals surface area contributed by atoms with Crippen LogP contribution in [0.3, 0.4) is 0 Å². The predicted octanol–water partition coefficient (Wildman–Crippen LogP) is 3.13. The molecule has 1 aliphatic heterocycles. The van der Waals surface area contributed by atoms with Crippen LogP contribution in [0.4, 0.5) is 4.79 Å². The van der Waals surface area contributed by atoms with Crippen LogP contribution >= 0.6 is 0 Å². The molecule has 0 saturated carbocycles. The molecule has 1 rings (SSSR count). The second-order valence-corrected chi connectivity index (χ2v) is 7.06. The van der Waals surface area contributed by atoms with Crippen molar-refractivity contribution >= 4 is 6.09 Å². The van der Waals surface area contributed by atoms with Crippen molar-refractivity contribution < 1.29 is 14.3 Å². The molecular formula is C17H34N2O3. The summed E-state index contributed by atoms with van der Waals surface area (Å²) in [7, 11) is 0. The third kappa shape index (κ3) is 5.76. The summed E-state index contributed by atoms with van der Waals surface area (Å²) in [5.74, 6) is 0. The average Bonchev–Trinajstić information content (AvgIpc) is 2.87. The zero-order valence-electron chi connectivity index (χ0n) is 15.3. The molecule has 0 spiro atoms. The largest absolute Gasteiger partial charge is 0.444 e. The number of hydrogen-bond acceptors (Lipinski definition) is 4. The normalized spacial score (nSPS) is 22.4. The van der Waals surface area contributed by atoms with Crippen molar-refractivity contribution in [2.24, 2.45) is 0 Å². The number of nitrogens with zero attached hydrogens (tertiary/aromatic N) is 2. The van der Waals surface area contributed by atoms with Gasteiger partial charge in [0, 0.05) is 13.1 Å². The second-order valence-electron chi connectivity index (χ2n) is 7.06. The summed E-state index contributed by atoms with van der Waals surface area (Å²) in [6.45, 7) is 17.3. The van der Waals surface area contributed by atoms with Gasteiger partial charge < -0.3 is 19.3 Å². The zero-order chi connectivity index (χ0) is 16.8. The number of rotatable bonds is 7. The highest BCUT2D eigenvalue weighted by Crippen LogP contribution is 2.29. The van der Waals surface area contributed by atoms with Gasteiger partial charge in [-0.15, -0.1) is 0 Å². The highest BCUT2D eigenvalue weighted by molar-refractivity contribution is 5.68. The molecule has 0 bridgehead atoms. The summed E-state index contributed by atoms with van der Waals surface area (Å²) in [4.78, 5) is 16.3. The van der Waals surface area contributed by atoms with Crippen LogP contribution in [0.2, 0.25) is 0 Å². The molecule has 1 unspecified atom stereocenters. The lowest BCUT2D eigenvalue weighted by atomic mass is 10.00. The molecule has 1 amide bonds. The SMILES string of the molecule is CCN(CC)CCOC1(CC)CCN(C(=O)OC(C)(C)C)C1. The minimum absolute atomic E-state index is 0.204. The molecule has 1 heterocycles. The van der Waals surface area contributed by atoms with Gasteiger partial charge in [0.15, 0.2) is 0 Å². The molecular weight excluding hydrogens is 280 g/mol. The summed E-state index contributed by atoms with van der Waals surface area (Å²) in [6.07, 6.45) is 1.58. The van der Waals surface area contributed by atoms with Crippen molar-refractivity contribution in [2.45, 2.75) is 65.6 Å². The summed E-state index contributed by atoms with van der Waals surface area (Å²) in [6, 6.07) is 0. The van der Waals surface area contributed by atoms with Crippen LogP contribution in [-0.2, 0) is 9.47 Å². The van der Waals surface area contributed by atoms with E-state index in [2.05, 4.69) is 25.7 Å². The van der Waals surface area contributed by atoms with Crippen molar-refractivity contribution in [1.29, 1.82) is 0 Å². The van der Waals surface area contributed by atoms with Gasteiger partial charge in [-0.2, -0.15) is 0 Å². The first-order valence-electron chi connectivity index (χ1n) is 8.59. The molecule has 5 nitrogen and oxygen atoms in total.